The zero-order valence-corrected chi connectivity index (χ0v) is 16.0. The molecule has 4 rings (SSSR count). The van der Waals surface area contributed by atoms with Crippen LogP contribution in [0.15, 0.2) is 30.6 Å². The molecule has 2 aromatic carbocycles. The lowest BCUT2D eigenvalue weighted by molar-refractivity contribution is 0.172. The standard InChI is InChI=1S/C22H24N2O2/c1-13-14(2)16(4)20(17(5)15(13)3)24-10-9-23-22(24)18-7-6-8-19-21(18)26-12-11-25-19/h6-10H,11-12H2,1-5H3. The highest BCUT2D eigenvalue weighted by atomic mass is 16.6. The highest BCUT2D eigenvalue weighted by molar-refractivity contribution is 5.72. The summed E-state index contributed by atoms with van der Waals surface area (Å²) >= 11 is 0. The Balaban J connectivity index is 1.97. The molecular formula is C22H24N2O2. The molecule has 0 unspecified atom stereocenters. The molecule has 0 radical (unpaired) electrons. The number of aromatic nitrogens is 2. The number of fused-ring (bicyclic) bond motifs is 1. The van der Waals surface area contributed by atoms with Crippen molar-refractivity contribution in [1.82, 2.24) is 9.55 Å². The molecule has 0 aliphatic carbocycles. The summed E-state index contributed by atoms with van der Waals surface area (Å²) in [6, 6.07) is 5.99. The van der Waals surface area contributed by atoms with E-state index in [2.05, 4.69) is 44.2 Å². The largest absolute Gasteiger partial charge is 0.486 e. The fourth-order valence-electron chi connectivity index (χ4n) is 3.77. The quantitative estimate of drug-likeness (QED) is 0.664. The van der Waals surface area contributed by atoms with Crippen molar-refractivity contribution in [3.05, 3.63) is 58.4 Å². The van der Waals surface area contributed by atoms with Crippen molar-refractivity contribution in [2.75, 3.05) is 13.2 Å². The van der Waals surface area contributed by atoms with E-state index in [1.165, 1.54) is 33.5 Å². The average molecular weight is 348 g/mol. The first kappa shape index (κ1) is 16.7. The number of benzene rings is 2. The molecule has 0 saturated heterocycles. The number of hydrogen-bond acceptors (Lipinski definition) is 3. The normalized spacial score (nSPS) is 13.1. The summed E-state index contributed by atoms with van der Waals surface area (Å²) in [6.07, 6.45) is 3.88. The molecule has 0 fully saturated rings. The molecule has 0 amide bonds. The van der Waals surface area contributed by atoms with Crippen LogP contribution in [0.5, 0.6) is 11.5 Å². The summed E-state index contributed by atoms with van der Waals surface area (Å²) < 4.78 is 13.8. The third-order valence-electron chi connectivity index (χ3n) is 5.65. The van der Waals surface area contributed by atoms with Crippen LogP contribution < -0.4 is 9.47 Å². The van der Waals surface area contributed by atoms with E-state index >= 15 is 0 Å². The lowest BCUT2D eigenvalue weighted by Crippen LogP contribution is -2.16. The van der Waals surface area contributed by atoms with Gasteiger partial charge >= 0.3 is 0 Å². The maximum absolute atomic E-state index is 5.92. The molecule has 134 valence electrons. The highest BCUT2D eigenvalue weighted by Gasteiger charge is 2.22. The van der Waals surface area contributed by atoms with Crippen molar-refractivity contribution in [2.24, 2.45) is 0 Å². The van der Waals surface area contributed by atoms with Gasteiger partial charge in [0.2, 0.25) is 0 Å². The minimum absolute atomic E-state index is 0.561. The van der Waals surface area contributed by atoms with Gasteiger partial charge in [-0.2, -0.15) is 0 Å². The number of rotatable bonds is 2. The molecule has 0 spiro atoms. The van der Waals surface area contributed by atoms with Gasteiger partial charge in [-0.3, -0.25) is 4.57 Å². The molecule has 2 heterocycles. The van der Waals surface area contributed by atoms with Gasteiger partial charge in [-0.1, -0.05) is 6.07 Å². The van der Waals surface area contributed by atoms with E-state index in [0.717, 1.165) is 22.9 Å². The van der Waals surface area contributed by atoms with Crippen LogP contribution in [-0.4, -0.2) is 22.8 Å². The first-order valence-corrected chi connectivity index (χ1v) is 9.00. The first-order valence-electron chi connectivity index (χ1n) is 9.00. The molecule has 1 aliphatic heterocycles. The zero-order valence-electron chi connectivity index (χ0n) is 16.0. The van der Waals surface area contributed by atoms with Crippen LogP contribution in [0.25, 0.3) is 17.1 Å². The lowest BCUT2D eigenvalue weighted by Gasteiger charge is -2.23. The zero-order chi connectivity index (χ0) is 18.4. The smallest absolute Gasteiger partial charge is 0.172 e. The van der Waals surface area contributed by atoms with E-state index in [1.54, 1.807) is 0 Å². The van der Waals surface area contributed by atoms with Crippen LogP contribution >= 0.6 is 0 Å². The molecule has 3 aromatic rings. The van der Waals surface area contributed by atoms with Gasteiger partial charge < -0.3 is 9.47 Å². The number of nitrogens with zero attached hydrogens (tertiary/aromatic N) is 2. The van der Waals surface area contributed by atoms with E-state index in [0.29, 0.717) is 13.2 Å². The van der Waals surface area contributed by atoms with Crippen molar-refractivity contribution >= 4 is 0 Å². The van der Waals surface area contributed by atoms with Gasteiger partial charge in [-0.15, -0.1) is 0 Å². The molecule has 0 N–H and O–H groups in total. The molecule has 26 heavy (non-hydrogen) atoms. The van der Waals surface area contributed by atoms with Crippen LogP contribution in [-0.2, 0) is 0 Å². The van der Waals surface area contributed by atoms with Gasteiger partial charge in [-0.25, -0.2) is 4.98 Å². The summed E-state index contributed by atoms with van der Waals surface area (Å²) in [6.45, 7) is 12.1. The fourth-order valence-corrected chi connectivity index (χ4v) is 3.77. The molecule has 4 nitrogen and oxygen atoms in total. The molecule has 0 bridgehead atoms. The Kier molecular flexibility index (Phi) is 3.98. The third-order valence-corrected chi connectivity index (χ3v) is 5.65. The van der Waals surface area contributed by atoms with Gasteiger partial charge in [0.25, 0.3) is 0 Å². The van der Waals surface area contributed by atoms with Crippen molar-refractivity contribution in [2.45, 2.75) is 34.6 Å². The Labute approximate surface area is 154 Å². The van der Waals surface area contributed by atoms with Crippen LogP contribution in [0, 0.1) is 34.6 Å². The summed E-state index contributed by atoms with van der Waals surface area (Å²) in [5.41, 5.74) is 8.75. The topological polar surface area (TPSA) is 36.3 Å². The van der Waals surface area contributed by atoms with E-state index < -0.39 is 0 Å². The van der Waals surface area contributed by atoms with Gasteiger partial charge in [0, 0.05) is 12.4 Å². The minimum atomic E-state index is 0.561. The summed E-state index contributed by atoms with van der Waals surface area (Å²) in [5, 5.41) is 0. The SMILES string of the molecule is Cc1c(C)c(C)c(-n2ccnc2-c2cccc3c2OCCO3)c(C)c1C. The Morgan fingerprint density at radius 2 is 1.50 bits per heavy atom. The molecule has 0 saturated carbocycles. The van der Waals surface area contributed by atoms with E-state index in [4.69, 9.17) is 9.47 Å². The second-order valence-electron chi connectivity index (χ2n) is 6.92. The van der Waals surface area contributed by atoms with Gasteiger partial charge in [0.15, 0.2) is 11.5 Å². The maximum atomic E-state index is 5.92. The van der Waals surface area contributed by atoms with Crippen molar-refractivity contribution in [1.29, 1.82) is 0 Å². The molecular weight excluding hydrogens is 324 g/mol. The van der Waals surface area contributed by atoms with E-state index in [1.807, 2.05) is 30.6 Å². The Morgan fingerprint density at radius 3 is 2.23 bits per heavy atom. The predicted octanol–water partition coefficient (Wildman–Crippen LogP) is 4.85. The maximum Gasteiger partial charge on any atom is 0.172 e. The molecule has 0 atom stereocenters. The van der Waals surface area contributed by atoms with Crippen molar-refractivity contribution in [3.8, 4) is 28.6 Å². The van der Waals surface area contributed by atoms with Gasteiger partial charge in [0.05, 0.1) is 11.3 Å². The van der Waals surface area contributed by atoms with E-state index in [-0.39, 0.29) is 0 Å². The summed E-state index contributed by atoms with van der Waals surface area (Å²) in [5.74, 6) is 2.44. The summed E-state index contributed by atoms with van der Waals surface area (Å²) in [4.78, 5) is 4.66. The summed E-state index contributed by atoms with van der Waals surface area (Å²) in [7, 11) is 0. The second-order valence-corrected chi connectivity index (χ2v) is 6.92. The third kappa shape index (κ3) is 2.40. The Bertz CT molecular complexity index is 973. The van der Waals surface area contributed by atoms with E-state index in [9.17, 15) is 0 Å². The highest BCUT2D eigenvalue weighted by Crippen LogP contribution is 2.40. The second kappa shape index (κ2) is 6.20. The lowest BCUT2D eigenvalue weighted by atomic mass is 9.92. The molecule has 1 aromatic heterocycles. The number of hydrogen-bond donors (Lipinski definition) is 0. The van der Waals surface area contributed by atoms with Crippen LogP contribution in [0.4, 0.5) is 0 Å². The Hall–Kier alpha value is -2.75. The van der Waals surface area contributed by atoms with Gasteiger partial charge in [-0.05, 0) is 74.6 Å². The van der Waals surface area contributed by atoms with Crippen molar-refractivity contribution < 1.29 is 9.47 Å². The monoisotopic (exact) mass is 348 g/mol. The van der Waals surface area contributed by atoms with Gasteiger partial charge in [0.1, 0.15) is 19.0 Å². The van der Waals surface area contributed by atoms with Crippen LogP contribution in [0.1, 0.15) is 27.8 Å². The number of para-hydroxylation sites is 1. The predicted molar refractivity (Wildman–Crippen MR) is 104 cm³/mol. The number of imidazole rings is 1. The van der Waals surface area contributed by atoms with Crippen LogP contribution in [0.2, 0.25) is 0 Å². The number of ether oxygens (including phenoxy) is 2. The fraction of sp³-hybridized carbons (Fsp3) is 0.318. The first-order chi connectivity index (χ1) is 12.5. The average Bonchev–Trinajstić information content (AvgIpc) is 3.13. The molecule has 4 heteroatoms. The van der Waals surface area contributed by atoms with Crippen molar-refractivity contribution in [3.63, 3.8) is 0 Å². The Morgan fingerprint density at radius 1 is 0.846 bits per heavy atom. The van der Waals surface area contributed by atoms with Crippen LogP contribution in [0.3, 0.4) is 0 Å². The minimum Gasteiger partial charge on any atom is -0.486 e. The molecule has 1 aliphatic rings.